The lowest BCUT2D eigenvalue weighted by Crippen LogP contribution is -2.15. The van der Waals surface area contributed by atoms with Crippen LogP contribution in [0.1, 0.15) is 35.9 Å². The smallest absolute Gasteiger partial charge is 0.275 e. The Morgan fingerprint density at radius 1 is 1.10 bits per heavy atom. The lowest BCUT2D eigenvalue weighted by Gasteiger charge is -2.10. The highest BCUT2D eigenvalue weighted by atomic mass is 16.2. The zero-order valence-corrected chi connectivity index (χ0v) is 16.4. The van der Waals surface area contributed by atoms with Gasteiger partial charge in [0.05, 0.1) is 5.69 Å². The molecule has 0 aliphatic rings. The number of pyridine rings is 1. The fourth-order valence-electron chi connectivity index (χ4n) is 3.11. The number of anilines is 1. The van der Waals surface area contributed by atoms with Crippen LogP contribution >= 0.6 is 0 Å². The van der Waals surface area contributed by atoms with Gasteiger partial charge in [0.25, 0.3) is 5.91 Å². The monoisotopic (exact) mass is 387 g/mol. The van der Waals surface area contributed by atoms with E-state index in [1.165, 1.54) is 0 Å². The molecule has 8 heteroatoms. The van der Waals surface area contributed by atoms with Crippen LogP contribution in [0.2, 0.25) is 0 Å². The number of aromatic amines is 1. The molecule has 4 rings (SSSR count). The number of amides is 1. The Kier molecular flexibility index (Phi) is 4.90. The third-order valence-corrected chi connectivity index (χ3v) is 4.63. The molecule has 146 valence electrons. The van der Waals surface area contributed by atoms with Gasteiger partial charge in [0, 0.05) is 17.2 Å². The Hall–Kier alpha value is -3.81. The third-order valence-electron chi connectivity index (χ3n) is 4.63. The van der Waals surface area contributed by atoms with Gasteiger partial charge in [-0.15, -0.1) is 10.2 Å². The van der Waals surface area contributed by atoms with Crippen LogP contribution in [0.5, 0.6) is 0 Å². The zero-order valence-electron chi connectivity index (χ0n) is 16.4. The highest BCUT2D eigenvalue weighted by molar-refractivity contribution is 6.04. The molecule has 0 spiro atoms. The predicted octanol–water partition coefficient (Wildman–Crippen LogP) is 3.87. The van der Waals surface area contributed by atoms with E-state index in [1.54, 1.807) is 12.4 Å². The van der Waals surface area contributed by atoms with Crippen molar-refractivity contribution in [1.82, 2.24) is 29.9 Å². The topological polar surface area (TPSA) is 101 Å². The van der Waals surface area contributed by atoms with Gasteiger partial charge < -0.3 is 9.88 Å². The number of aromatic nitrogens is 6. The first kappa shape index (κ1) is 18.5. The average Bonchev–Trinajstić information content (AvgIpc) is 3.36. The lowest BCUT2D eigenvalue weighted by molar-refractivity contribution is 0.102. The molecular formula is C21H21N7O. The van der Waals surface area contributed by atoms with E-state index in [9.17, 15) is 4.79 Å². The number of hydrogen-bond donors (Lipinski definition) is 2. The molecule has 2 N–H and O–H groups in total. The van der Waals surface area contributed by atoms with Crippen LogP contribution < -0.4 is 5.32 Å². The van der Waals surface area contributed by atoms with Gasteiger partial charge in [0.2, 0.25) is 0 Å². The van der Waals surface area contributed by atoms with Gasteiger partial charge in [-0.05, 0) is 32.9 Å². The molecule has 0 saturated heterocycles. The van der Waals surface area contributed by atoms with E-state index >= 15 is 0 Å². The van der Waals surface area contributed by atoms with Gasteiger partial charge in [-0.1, -0.05) is 36.4 Å². The standard InChI is InChI=1S/C21H21N7O/c1-13(2)28-12-22-27-20(28)16-10-7-11-17(23-16)24-21(29)19-14(3)18(25-26-19)15-8-5-4-6-9-15/h4-13H,1-3H3,(H,25,26)(H,23,24,29). The Bertz CT molecular complexity index is 1140. The molecule has 0 aliphatic heterocycles. The van der Waals surface area contributed by atoms with Crippen molar-refractivity contribution in [2.45, 2.75) is 26.8 Å². The molecule has 0 radical (unpaired) electrons. The molecule has 1 amide bonds. The van der Waals surface area contributed by atoms with Crippen LogP contribution in [-0.2, 0) is 0 Å². The molecule has 3 aromatic heterocycles. The quantitative estimate of drug-likeness (QED) is 0.541. The molecule has 0 bridgehead atoms. The minimum Gasteiger partial charge on any atom is -0.310 e. The van der Waals surface area contributed by atoms with Crippen molar-refractivity contribution in [2.75, 3.05) is 5.32 Å². The number of carbonyl (C=O) groups is 1. The Labute approximate surface area is 168 Å². The maximum Gasteiger partial charge on any atom is 0.275 e. The first-order valence-electron chi connectivity index (χ1n) is 9.33. The van der Waals surface area contributed by atoms with Crippen LogP contribution in [0.15, 0.2) is 54.9 Å². The van der Waals surface area contributed by atoms with E-state index in [4.69, 9.17) is 0 Å². The second kappa shape index (κ2) is 7.67. The van der Waals surface area contributed by atoms with Crippen molar-refractivity contribution in [3.05, 3.63) is 66.1 Å². The molecule has 8 nitrogen and oxygen atoms in total. The van der Waals surface area contributed by atoms with Crippen molar-refractivity contribution in [3.63, 3.8) is 0 Å². The van der Waals surface area contributed by atoms with Crippen LogP contribution in [-0.4, -0.2) is 35.9 Å². The van der Waals surface area contributed by atoms with Crippen molar-refractivity contribution < 1.29 is 4.79 Å². The number of nitrogens with one attached hydrogen (secondary N) is 2. The van der Waals surface area contributed by atoms with Gasteiger partial charge in [-0.3, -0.25) is 9.89 Å². The average molecular weight is 387 g/mol. The normalized spacial score (nSPS) is 11.0. The highest BCUT2D eigenvalue weighted by Gasteiger charge is 2.18. The Morgan fingerprint density at radius 3 is 2.66 bits per heavy atom. The van der Waals surface area contributed by atoms with Crippen molar-refractivity contribution in [3.8, 4) is 22.8 Å². The molecule has 3 heterocycles. The summed E-state index contributed by atoms with van der Waals surface area (Å²) in [5.41, 5.74) is 3.53. The fraction of sp³-hybridized carbons (Fsp3) is 0.190. The summed E-state index contributed by atoms with van der Waals surface area (Å²) in [5.74, 6) is 0.786. The first-order chi connectivity index (χ1) is 14.0. The molecule has 0 unspecified atom stereocenters. The summed E-state index contributed by atoms with van der Waals surface area (Å²) < 4.78 is 1.93. The summed E-state index contributed by atoms with van der Waals surface area (Å²) in [6.45, 7) is 5.96. The van der Waals surface area contributed by atoms with Crippen LogP contribution in [0.4, 0.5) is 5.82 Å². The van der Waals surface area contributed by atoms with Crippen molar-refractivity contribution in [2.24, 2.45) is 0 Å². The Balaban J connectivity index is 1.58. The maximum atomic E-state index is 12.8. The zero-order chi connectivity index (χ0) is 20.4. The fourth-order valence-corrected chi connectivity index (χ4v) is 3.11. The van der Waals surface area contributed by atoms with Crippen LogP contribution in [0.3, 0.4) is 0 Å². The second-order valence-electron chi connectivity index (χ2n) is 6.96. The summed E-state index contributed by atoms with van der Waals surface area (Å²) in [6.07, 6.45) is 1.67. The molecule has 0 atom stereocenters. The van der Waals surface area contributed by atoms with Crippen molar-refractivity contribution >= 4 is 11.7 Å². The van der Waals surface area contributed by atoms with Crippen LogP contribution in [0, 0.1) is 6.92 Å². The summed E-state index contributed by atoms with van der Waals surface area (Å²) in [5, 5.41) is 18.1. The van der Waals surface area contributed by atoms with Crippen molar-refractivity contribution in [1.29, 1.82) is 0 Å². The summed E-state index contributed by atoms with van der Waals surface area (Å²) >= 11 is 0. The van der Waals surface area contributed by atoms with Gasteiger partial charge in [-0.25, -0.2) is 4.98 Å². The molecule has 0 fully saturated rings. The number of benzene rings is 1. The minimum atomic E-state index is -0.299. The van der Waals surface area contributed by atoms with E-state index in [-0.39, 0.29) is 11.9 Å². The largest absolute Gasteiger partial charge is 0.310 e. The lowest BCUT2D eigenvalue weighted by atomic mass is 10.1. The van der Waals surface area contributed by atoms with Gasteiger partial charge in [0.15, 0.2) is 5.82 Å². The van der Waals surface area contributed by atoms with E-state index < -0.39 is 0 Å². The number of nitrogens with zero attached hydrogens (tertiary/aromatic N) is 5. The molecular weight excluding hydrogens is 366 g/mol. The highest BCUT2D eigenvalue weighted by Crippen LogP contribution is 2.24. The molecule has 4 aromatic rings. The number of carbonyl (C=O) groups excluding carboxylic acids is 1. The van der Waals surface area contributed by atoms with E-state index in [0.29, 0.717) is 23.0 Å². The maximum absolute atomic E-state index is 12.8. The number of H-pyrrole nitrogens is 1. The van der Waals surface area contributed by atoms with Gasteiger partial charge in [-0.2, -0.15) is 5.10 Å². The van der Waals surface area contributed by atoms with E-state index in [2.05, 4.69) is 30.7 Å². The summed E-state index contributed by atoms with van der Waals surface area (Å²) in [7, 11) is 0. The third kappa shape index (κ3) is 3.64. The molecule has 1 aromatic carbocycles. The minimum absolute atomic E-state index is 0.198. The van der Waals surface area contributed by atoms with E-state index in [0.717, 1.165) is 16.8 Å². The number of rotatable bonds is 5. The summed E-state index contributed by atoms with van der Waals surface area (Å²) in [6, 6.07) is 15.3. The van der Waals surface area contributed by atoms with Gasteiger partial charge >= 0.3 is 0 Å². The second-order valence-corrected chi connectivity index (χ2v) is 6.96. The molecule has 0 saturated carbocycles. The predicted molar refractivity (Wildman–Crippen MR) is 110 cm³/mol. The van der Waals surface area contributed by atoms with E-state index in [1.807, 2.05) is 67.8 Å². The molecule has 29 heavy (non-hydrogen) atoms. The van der Waals surface area contributed by atoms with Gasteiger partial charge in [0.1, 0.15) is 23.5 Å². The SMILES string of the molecule is Cc1c(-c2ccccc2)n[nH]c1C(=O)Nc1cccc(-c2nncn2C(C)C)n1. The van der Waals surface area contributed by atoms with Crippen LogP contribution in [0.25, 0.3) is 22.8 Å². The molecule has 0 aliphatic carbocycles. The Morgan fingerprint density at radius 2 is 1.90 bits per heavy atom. The summed E-state index contributed by atoms with van der Waals surface area (Å²) in [4.78, 5) is 17.3. The first-order valence-corrected chi connectivity index (χ1v) is 9.33. The number of hydrogen-bond acceptors (Lipinski definition) is 5.